The van der Waals surface area contributed by atoms with Gasteiger partial charge in [-0.1, -0.05) is 0 Å². The normalized spacial score (nSPS) is 12.3. The van der Waals surface area contributed by atoms with E-state index in [9.17, 15) is 9.59 Å². The average Bonchev–Trinajstić information content (AvgIpc) is 2.97. The topological polar surface area (TPSA) is 102 Å². The minimum atomic E-state index is -0.539. The van der Waals surface area contributed by atoms with E-state index in [-0.39, 0.29) is 24.1 Å². The molecule has 114 valence electrons. The van der Waals surface area contributed by atoms with Crippen molar-refractivity contribution in [3.63, 3.8) is 0 Å². The zero-order chi connectivity index (χ0) is 15.4. The number of anilines is 2. The molecule has 7 nitrogen and oxygen atoms in total. The van der Waals surface area contributed by atoms with Crippen molar-refractivity contribution < 1.29 is 4.74 Å². The molecule has 8 heteroatoms. The molecule has 21 heavy (non-hydrogen) atoms. The quantitative estimate of drug-likeness (QED) is 0.739. The number of rotatable bonds is 6. The number of nitrogens with two attached hydrogens (primary N) is 1. The molecule has 0 aliphatic carbocycles. The maximum absolute atomic E-state index is 12.0. The summed E-state index contributed by atoms with van der Waals surface area (Å²) in [4.78, 5) is 26.0. The largest absolute Gasteiger partial charge is 0.383 e. The lowest BCUT2D eigenvalue weighted by molar-refractivity contribution is 0.186. The van der Waals surface area contributed by atoms with Crippen molar-refractivity contribution in [2.75, 3.05) is 24.8 Å². The van der Waals surface area contributed by atoms with E-state index in [2.05, 4.69) is 10.3 Å². The van der Waals surface area contributed by atoms with E-state index in [1.807, 2.05) is 23.8 Å². The predicted octanol–water partition coefficient (Wildman–Crippen LogP) is 1.000. The van der Waals surface area contributed by atoms with Crippen LogP contribution in [0.5, 0.6) is 0 Å². The Balaban J connectivity index is 2.34. The fourth-order valence-corrected chi connectivity index (χ4v) is 2.71. The van der Waals surface area contributed by atoms with Gasteiger partial charge in [-0.05, 0) is 29.3 Å². The third kappa shape index (κ3) is 3.34. The second-order valence-electron chi connectivity index (χ2n) is 4.59. The Hall–Kier alpha value is -2.06. The molecule has 0 radical (unpaired) electrons. The van der Waals surface area contributed by atoms with Gasteiger partial charge >= 0.3 is 5.69 Å². The number of thiophene rings is 1. The Labute approximate surface area is 125 Å². The summed E-state index contributed by atoms with van der Waals surface area (Å²) < 4.78 is 6.22. The van der Waals surface area contributed by atoms with Crippen LogP contribution >= 0.6 is 11.3 Å². The maximum atomic E-state index is 12.0. The van der Waals surface area contributed by atoms with Crippen LogP contribution in [0.3, 0.4) is 0 Å². The van der Waals surface area contributed by atoms with E-state index in [0.717, 1.165) is 5.56 Å². The number of aromatic nitrogens is 2. The number of hydrogen-bond donors (Lipinski definition) is 3. The van der Waals surface area contributed by atoms with Crippen LogP contribution < -0.4 is 22.3 Å². The molecule has 4 N–H and O–H groups in total. The summed E-state index contributed by atoms with van der Waals surface area (Å²) in [7, 11) is 1.53. The van der Waals surface area contributed by atoms with E-state index in [1.54, 1.807) is 11.3 Å². The Morgan fingerprint density at radius 1 is 1.52 bits per heavy atom. The van der Waals surface area contributed by atoms with E-state index < -0.39 is 11.2 Å². The molecule has 0 aliphatic rings. The molecule has 1 unspecified atom stereocenters. The molecule has 0 spiro atoms. The van der Waals surface area contributed by atoms with Gasteiger partial charge in [0.2, 0.25) is 0 Å². The standard InChI is InChI=1S/C13H18N4O3S/c1-8(9-3-6-21-7-9)15-10-11(14)17(4-5-20-2)13(19)16-12(10)18/h3,6-8,15H,4-5,14H2,1-2H3,(H,16,18,19). The number of hydrogen-bond acceptors (Lipinski definition) is 6. The van der Waals surface area contributed by atoms with Crippen molar-refractivity contribution in [2.45, 2.75) is 19.5 Å². The van der Waals surface area contributed by atoms with E-state index in [4.69, 9.17) is 10.5 Å². The zero-order valence-electron chi connectivity index (χ0n) is 11.9. The summed E-state index contributed by atoms with van der Waals surface area (Å²) in [6.07, 6.45) is 0. The van der Waals surface area contributed by atoms with Crippen molar-refractivity contribution in [1.82, 2.24) is 9.55 Å². The van der Waals surface area contributed by atoms with Crippen molar-refractivity contribution in [3.8, 4) is 0 Å². The first-order valence-corrected chi connectivity index (χ1v) is 7.39. The van der Waals surface area contributed by atoms with Gasteiger partial charge in [0.25, 0.3) is 5.56 Å². The third-order valence-electron chi connectivity index (χ3n) is 3.16. The molecule has 0 saturated carbocycles. The molecule has 2 aromatic heterocycles. The van der Waals surface area contributed by atoms with E-state index >= 15 is 0 Å². The predicted molar refractivity (Wildman–Crippen MR) is 84.0 cm³/mol. The Morgan fingerprint density at radius 2 is 2.29 bits per heavy atom. The van der Waals surface area contributed by atoms with Crippen LogP contribution in [0, 0.1) is 0 Å². The Morgan fingerprint density at radius 3 is 2.90 bits per heavy atom. The van der Waals surface area contributed by atoms with Gasteiger partial charge in [0.1, 0.15) is 11.5 Å². The van der Waals surface area contributed by atoms with Crippen molar-refractivity contribution in [3.05, 3.63) is 43.2 Å². The van der Waals surface area contributed by atoms with Crippen molar-refractivity contribution >= 4 is 22.8 Å². The van der Waals surface area contributed by atoms with Crippen LogP contribution in [0.4, 0.5) is 11.5 Å². The summed E-state index contributed by atoms with van der Waals surface area (Å²) in [5.74, 6) is 0.114. The molecular weight excluding hydrogens is 292 g/mol. The van der Waals surface area contributed by atoms with Crippen molar-refractivity contribution in [1.29, 1.82) is 0 Å². The fourth-order valence-electron chi connectivity index (χ4n) is 1.95. The highest BCUT2D eigenvalue weighted by molar-refractivity contribution is 7.07. The number of aromatic amines is 1. The highest BCUT2D eigenvalue weighted by atomic mass is 32.1. The van der Waals surface area contributed by atoms with Crippen LogP contribution in [0.2, 0.25) is 0 Å². The van der Waals surface area contributed by atoms with Gasteiger partial charge in [0.05, 0.1) is 13.2 Å². The number of nitrogen functional groups attached to an aromatic ring is 1. The summed E-state index contributed by atoms with van der Waals surface area (Å²) in [5, 5.41) is 7.01. The lowest BCUT2D eigenvalue weighted by atomic mass is 10.2. The van der Waals surface area contributed by atoms with E-state index in [1.165, 1.54) is 11.7 Å². The molecule has 0 bridgehead atoms. The molecular formula is C13H18N4O3S. The number of H-pyrrole nitrogens is 1. The summed E-state index contributed by atoms with van der Waals surface area (Å²) >= 11 is 1.57. The average molecular weight is 310 g/mol. The monoisotopic (exact) mass is 310 g/mol. The third-order valence-corrected chi connectivity index (χ3v) is 3.86. The Kier molecular flexibility index (Phi) is 4.81. The molecule has 2 aromatic rings. The number of methoxy groups -OCH3 is 1. The lowest BCUT2D eigenvalue weighted by Gasteiger charge is -2.17. The van der Waals surface area contributed by atoms with Crippen LogP contribution in [0.15, 0.2) is 26.4 Å². The summed E-state index contributed by atoms with van der Waals surface area (Å²) in [6.45, 7) is 2.53. The van der Waals surface area contributed by atoms with Gasteiger partial charge in [-0.2, -0.15) is 11.3 Å². The minimum absolute atomic E-state index is 0.0898. The van der Waals surface area contributed by atoms with Gasteiger partial charge in [0.15, 0.2) is 0 Å². The first-order chi connectivity index (χ1) is 10.0. The molecule has 2 rings (SSSR count). The zero-order valence-corrected chi connectivity index (χ0v) is 12.7. The molecule has 0 aromatic carbocycles. The minimum Gasteiger partial charge on any atom is -0.383 e. The molecule has 0 amide bonds. The summed E-state index contributed by atoms with van der Waals surface area (Å²) in [6, 6.07) is 1.88. The second kappa shape index (κ2) is 6.59. The summed E-state index contributed by atoms with van der Waals surface area (Å²) in [5.41, 5.74) is 6.14. The van der Waals surface area contributed by atoms with Crippen LogP contribution in [0.1, 0.15) is 18.5 Å². The second-order valence-corrected chi connectivity index (χ2v) is 5.37. The van der Waals surface area contributed by atoms with Gasteiger partial charge in [-0.3, -0.25) is 14.3 Å². The first-order valence-electron chi connectivity index (χ1n) is 6.44. The van der Waals surface area contributed by atoms with Gasteiger partial charge < -0.3 is 15.8 Å². The molecule has 1 atom stereocenters. The van der Waals surface area contributed by atoms with E-state index in [0.29, 0.717) is 6.61 Å². The van der Waals surface area contributed by atoms with Gasteiger partial charge in [-0.15, -0.1) is 0 Å². The van der Waals surface area contributed by atoms with Crippen LogP contribution in [-0.2, 0) is 11.3 Å². The number of nitrogens with zero attached hydrogens (tertiary/aromatic N) is 1. The van der Waals surface area contributed by atoms with Crippen molar-refractivity contribution in [2.24, 2.45) is 0 Å². The highest BCUT2D eigenvalue weighted by Crippen LogP contribution is 2.21. The molecule has 0 aliphatic heterocycles. The maximum Gasteiger partial charge on any atom is 0.330 e. The molecule has 0 saturated heterocycles. The van der Waals surface area contributed by atoms with Gasteiger partial charge in [0, 0.05) is 13.2 Å². The number of nitrogens with one attached hydrogen (secondary N) is 2. The molecule has 2 heterocycles. The number of ether oxygens (including phenoxy) is 1. The fraction of sp³-hybridized carbons (Fsp3) is 0.385. The van der Waals surface area contributed by atoms with Gasteiger partial charge in [-0.25, -0.2) is 4.79 Å². The smallest absolute Gasteiger partial charge is 0.330 e. The lowest BCUT2D eigenvalue weighted by Crippen LogP contribution is -2.35. The van der Waals surface area contributed by atoms with Crippen LogP contribution in [-0.4, -0.2) is 23.3 Å². The van der Waals surface area contributed by atoms with Crippen LogP contribution in [0.25, 0.3) is 0 Å². The molecule has 0 fully saturated rings. The SMILES string of the molecule is COCCn1c(N)c(NC(C)c2ccsc2)c(=O)[nH]c1=O. The highest BCUT2D eigenvalue weighted by Gasteiger charge is 2.15. The Bertz CT molecular complexity index is 705. The first kappa shape index (κ1) is 15.3.